The maximum atomic E-state index is 13.0. The topological polar surface area (TPSA) is 76.3 Å². The molecule has 38 heavy (non-hydrogen) atoms. The van der Waals surface area contributed by atoms with E-state index in [9.17, 15) is 8.42 Å². The summed E-state index contributed by atoms with van der Waals surface area (Å²) < 4.78 is 34.5. The zero-order valence-electron chi connectivity index (χ0n) is 20.4. The number of fused-ring (bicyclic) bond motifs is 2. The first-order valence-electron chi connectivity index (χ1n) is 12.5. The molecule has 11 heteroatoms. The van der Waals surface area contributed by atoms with Gasteiger partial charge in [0.1, 0.15) is 0 Å². The Bertz CT molecular complexity index is 1570. The predicted octanol–water partition coefficient (Wildman–Crippen LogP) is 5.82. The Morgan fingerprint density at radius 2 is 1.82 bits per heavy atom. The van der Waals surface area contributed by atoms with Gasteiger partial charge < -0.3 is 4.74 Å². The van der Waals surface area contributed by atoms with Crippen molar-refractivity contribution in [3.05, 3.63) is 74.8 Å². The van der Waals surface area contributed by atoms with E-state index in [1.165, 1.54) is 22.1 Å². The largest absolute Gasteiger partial charge is 0.379 e. The maximum absolute atomic E-state index is 13.0. The molecule has 0 amide bonds. The van der Waals surface area contributed by atoms with Gasteiger partial charge in [-0.2, -0.15) is 9.41 Å². The van der Waals surface area contributed by atoms with Crippen LogP contribution in [0.15, 0.2) is 75.0 Å². The van der Waals surface area contributed by atoms with Crippen molar-refractivity contribution in [3.8, 4) is 11.3 Å². The van der Waals surface area contributed by atoms with E-state index >= 15 is 0 Å². The van der Waals surface area contributed by atoms with Crippen molar-refractivity contribution in [2.75, 3.05) is 26.3 Å². The molecule has 7 nitrogen and oxygen atoms in total. The second-order valence-corrected chi connectivity index (χ2v) is 13.3. The molecule has 2 aliphatic carbocycles. The van der Waals surface area contributed by atoms with Crippen molar-refractivity contribution in [1.29, 1.82) is 0 Å². The van der Waals surface area contributed by atoms with Crippen LogP contribution in [-0.4, -0.2) is 49.9 Å². The van der Waals surface area contributed by atoms with Gasteiger partial charge in [-0.15, -0.1) is 11.3 Å². The number of benzene rings is 2. The highest BCUT2D eigenvalue weighted by Gasteiger charge is 2.34. The minimum absolute atomic E-state index is 0.242. The molecule has 1 saturated carbocycles. The van der Waals surface area contributed by atoms with Crippen molar-refractivity contribution in [1.82, 2.24) is 8.98 Å². The van der Waals surface area contributed by atoms with Crippen LogP contribution in [0.3, 0.4) is 0 Å². The minimum Gasteiger partial charge on any atom is -0.379 e. The van der Waals surface area contributed by atoms with Gasteiger partial charge in [0.15, 0.2) is 0 Å². The average molecular weight is 590 g/mol. The molecule has 2 heterocycles. The summed E-state index contributed by atoms with van der Waals surface area (Å²) in [5, 5.41) is 8.01. The Kier molecular flexibility index (Phi) is 7.32. The van der Waals surface area contributed by atoms with Crippen molar-refractivity contribution >= 4 is 56.5 Å². The zero-order chi connectivity index (χ0) is 26.3. The van der Waals surface area contributed by atoms with Crippen LogP contribution in [0, 0.1) is 17.8 Å². The van der Waals surface area contributed by atoms with Crippen LogP contribution in [0.5, 0.6) is 0 Å². The van der Waals surface area contributed by atoms with E-state index in [4.69, 9.17) is 38.0 Å². The second-order valence-electron chi connectivity index (χ2n) is 9.67. The van der Waals surface area contributed by atoms with Gasteiger partial charge in [-0.3, -0.25) is 0 Å². The van der Waals surface area contributed by atoms with E-state index in [1.54, 1.807) is 41.1 Å². The summed E-state index contributed by atoms with van der Waals surface area (Å²) in [4.78, 5) is 5.71. The summed E-state index contributed by atoms with van der Waals surface area (Å²) in [6.07, 6.45) is 8.94. The van der Waals surface area contributed by atoms with E-state index in [0.717, 1.165) is 17.7 Å². The molecule has 3 atom stereocenters. The number of sulfonamides is 1. The van der Waals surface area contributed by atoms with Crippen LogP contribution in [-0.2, 0) is 14.8 Å². The first-order chi connectivity index (χ1) is 18.4. The number of thiazole rings is 1. The highest BCUT2D eigenvalue weighted by atomic mass is 35.5. The van der Waals surface area contributed by atoms with Crippen molar-refractivity contribution in [3.63, 3.8) is 0 Å². The lowest BCUT2D eigenvalue weighted by atomic mass is 9.95. The Morgan fingerprint density at radius 3 is 2.53 bits per heavy atom. The highest BCUT2D eigenvalue weighted by molar-refractivity contribution is 7.89. The van der Waals surface area contributed by atoms with Crippen LogP contribution in [0.4, 0.5) is 5.69 Å². The van der Waals surface area contributed by atoms with Crippen LogP contribution in [0.1, 0.15) is 12.8 Å². The standard InChI is InChI=1S/C27H26Cl2N4O3S2/c28-21-3-8-25(29)24(15-21)26-17-37-27(33(26)30-16-20-14-18-1-2-19(20)13-18)31-22-4-6-23(7-5-22)38(34,35)32-9-11-36-12-10-32/h1-8,15-20H,9-14H2. The molecule has 2 aromatic carbocycles. The molecular weight excluding hydrogens is 563 g/mol. The summed E-state index contributed by atoms with van der Waals surface area (Å²) >= 11 is 14.3. The van der Waals surface area contributed by atoms with Crippen LogP contribution >= 0.6 is 34.5 Å². The van der Waals surface area contributed by atoms with Gasteiger partial charge >= 0.3 is 0 Å². The minimum atomic E-state index is -3.57. The molecule has 6 rings (SSSR count). The number of nitrogens with zero attached hydrogens (tertiary/aromatic N) is 4. The lowest BCUT2D eigenvalue weighted by Crippen LogP contribution is -2.40. The van der Waals surface area contributed by atoms with Gasteiger partial charge in [0.05, 0.1) is 34.5 Å². The molecule has 0 spiro atoms. The number of rotatable bonds is 6. The third-order valence-corrected chi connectivity index (χ3v) is 10.6. The number of hydrogen-bond donors (Lipinski definition) is 0. The fourth-order valence-corrected chi connectivity index (χ4v) is 7.90. The van der Waals surface area contributed by atoms with Gasteiger partial charge in [-0.1, -0.05) is 35.4 Å². The second kappa shape index (κ2) is 10.7. The molecule has 2 fully saturated rings. The average Bonchev–Trinajstić information content (AvgIpc) is 3.66. The molecule has 1 aliphatic heterocycles. The Hall–Kier alpha value is -2.27. The number of halogens is 2. The third kappa shape index (κ3) is 5.15. The van der Waals surface area contributed by atoms with Crippen molar-refractivity contribution < 1.29 is 13.2 Å². The summed E-state index contributed by atoms with van der Waals surface area (Å²) in [5.74, 6) is 1.56. The van der Waals surface area contributed by atoms with Crippen LogP contribution in [0.25, 0.3) is 11.3 Å². The van der Waals surface area contributed by atoms with E-state index in [2.05, 4.69) is 12.2 Å². The molecule has 0 N–H and O–H groups in total. The lowest BCUT2D eigenvalue weighted by Gasteiger charge is -2.26. The fraction of sp³-hybridized carbons (Fsp3) is 0.333. The lowest BCUT2D eigenvalue weighted by molar-refractivity contribution is 0.0730. The molecule has 198 valence electrons. The smallest absolute Gasteiger partial charge is 0.243 e. The summed E-state index contributed by atoms with van der Waals surface area (Å²) in [5.41, 5.74) is 2.19. The van der Waals surface area contributed by atoms with Crippen molar-refractivity contribution in [2.45, 2.75) is 17.7 Å². The molecule has 1 aromatic heterocycles. The van der Waals surface area contributed by atoms with Crippen LogP contribution in [0.2, 0.25) is 10.0 Å². The van der Waals surface area contributed by atoms with E-state index in [-0.39, 0.29) is 4.90 Å². The Labute approximate surface area is 235 Å². The molecule has 3 aromatic rings. The Balaban J connectivity index is 1.36. The van der Waals surface area contributed by atoms with Crippen LogP contribution < -0.4 is 4.80 Å². The van der Waals surface area contributed by atoms with E-state index in [1.807, 2.05) is 17.7 Å². The van der Waals surface area contributed by atoms with E-state index < -0.39 is 10.0 Å². The van der Waals surface area contributed by atoms with Gasteiger partial charge in [-0.05, 0) is 67.1 Å². The molecule has 0 radical (unpaired) electrons. The summed E-state index contributed by atoms with van der Waals surface area (Å²) in [6, 6.07) is 12.0. The molecule has 1 saturated heterocycles. The highest BCUT2D eigenvalue weighted by Crippen LogP contribution is 2.42. The van der Waals surface area contributed by atoms with Gasteiger partial charge in [0.25, 0.3) is 0 Å². The molecule has 3 unspecified atom stereocenters. The molecule has 3 aliphatic rings. The van der Waals surface area contributed by atoms with Gasteiger partial charge in [0, 0.05) is 41.2 Å². The number of morpholine rings is 1. The Morgan fingerprint density at radius 1 is 1.03 bits per heavy atom. The normalized spacial score (nSPS) is 24.2. The SMILES string of the molecule is O=S(=O)(c1ccc(N=c2scc(-c3cc(Cl)ccc3Cl)n2N=CC2CC3C=CC2C3)cc1)N1CCOCC1. The number of allylic oxidation sites excluding steroid dienone is 2. The van der Waals surface area contributed by atoms with E-state index in [0.29, 0.717) is 64.6 Å². The number of hydrogen-bond acceptors (Lipinski definition) is 6. The predicted molar refractivity (Wildman–Crippen MR) is 152 cm³/mol. The fourth-order valence-electron chi connectivity index (χ4n) is 5.25. The number of ether oxygens (including phenoxy) is 1. The monoisotopic (exact) mass is 588 g/mol. The molecule has 2 bridgehead atoms. The van der Waals surface area contributed by atoms with Gasteiger partial charge in [0.2, 0.25) is 14.8 Å². The maximum Gasteiger partial charge on any atom is 0.243 e. The first kappa shape index (κ1) is 26.0. The third-order valence-electron chi connectivity index (χ3n) is 7.26. The summed E-state index contributed by atoms with van der Waals surface area (Å²) in [6.45, 7) is 1.52. The van der Waals surface area contributed by atoms with Crippen molar-refractivity contribution in [2.24, 2.45) is 27.8 Å². The first-order valence-corrected chi connectivity index (χ1v) is 15.6. The molecular formula is C27H26Cl2N4O3S2. The number of aromatic nitrogens is 1. The zero-order valence-corrected chi connectivity index (χ0v) is 23.6. The van der Waals surface area contributed by atoms with Gasteiger partial charge in [-0.25, -0.2) is 18.1 Å². The quantitative estimate of drug-likeness (QED) is 0.269. The summed E-state index contributed by atoms with van der Waals surface area (Å²) in [7, 11) is -3.57.